The third-order valence-electron chi connectivity index (χ3n) is 5.17. The number of nitrogens with one attached hydrogen (secondary N) is 1. The van der Waals surface area contributed by atoms with Gasteiger partial charge in [0, 0.05) is 24.9 Å². The number of aryl methyl sites for hydroxylation is 1. The quantitative estimate of drug-likeness (QED) is 0.645. The van der Waals surface area contributed by atoms with Crippen LogP contribution in [0.1, 0.15) is 23.5 Å². The van der Waals surface area contributed by atoms with Crippen molar-refractivity contribution in [3.05, 3.63) is 78.4 Å². The number of hydrogen-bond donors (Lipinski definition) is 2. The van der Waals surface area contributed by atoms with Crippen LogP contribution in [0, 0.1) is 0 Å². The second kappa shape index (κ2) is 8.18. The van der Waals surface area contributed by atoms with Gasteiger partial charge in [-0.1, -0.05) is 48.5 Å². The first kappa shape index (κ1) is 18.7. The van der Waals surface area contributed by atoms with Crippen LogP contribution in [0.3, 0.4) is 0 Å². The summed E-state index contributed by atoms with van der Waals surface area (Å²) in [7, 11) is 0. The van der Waals surface area contributed by atoms with E-state index in [4.69, 9.17) is 4.74 Å². The number of amides is 1. The molecule has 0 saturated heterocycles. The monoisotopic (exact) mass is 391 g/mol. The van der Waals surface area contributed by atoms with Gasteiger partial charge in [-0.25, -0.2) is 14.6 Å². The number of benzene rings is 2. The molecule has 0 saturated carbocycles. The molecule has 1 aliphatic carbocycles. The minimum absolute atomic E-state index is 0.0672. The van der Waals surface area contributed by atoms with Gasteiger partial charge < -0.3 is 19.7 Å². The third kappa shape index (κ3) is 3.99. The highest BCUT2D eigenvalue weighted by Gasteiger charge is 2.29. The number of carboxylic acids is 1. The Bertz CT molecular complexity index is 971. The molecular formula is C22H21N3O4. The Balaban J connectivity index is 1.39. The highest BCUT2D eigenvalue weighted by molar-refractivity contribution is 5.81. The Hall–Kier alpha value is -3.61. The van der Waals surface area contributed by atoms with Gasteiger partial charge in [-0.05, 0) is 28.7 Å². The number of imidazole rings is 1. The molecule has 2 aromatic carbocycles. The Kier molecular flexibility index (Phi) is 5.29. The Labute approximate surface area is 168 Å². The van der Waals surface area contributed by atoms with Crippen molar-refractivity contribution in [3.8, 4) is 11.1 Å². The number of carboxylic acid groups (broad SMARTS) is 1. The van der Waals surface area contributed by atoms with E-state index in [1.54, 1.807) is 23.3 Å². The van der Waals surface area contributed by atoms with Gasteiger partial charge in [-0.3, -0.25) is 0 Å². The van der Waals surface area contributed by atoms with Crippen molar-refractivity contribution in [2.24, 2.45) is 0 Å². The van der Waals surface area contributed by atoms with E-state index in [1.807, 2.05) is 36.4 Å². The number of nitrogens with zero attached hydrogens (tertiary/aromatic N) is 2. The van der Waals surface area contributed by atoms with E-state index in [0.29, 0.717) is 6.54 Å². The number of fused-ring (bicyclic) bond motifs is 3. The standard InChI is InChI=1S/C22H21N3O4/c26-21(27)20(9-11-25-12-10-23-14-25)24-22(28)29-13-19-17-7-3-1-5-15(17)16-6-2-4-8-18(16)19/h1-8,10,12,14,19-20H,9,11,13H2,(H,24,28)(H,26,27). The van der Waals surface area contributed by atoms with Crippen molar-refractivity contribution in [2.75, 3.05) is 6.61 Å². The number of carbonyl (C=O) groups is 2. The van der Waals surface area contributed by atoms with E-state index in [9.17, 15) is 14.7 Å². The lowest BCUT2D eigenvalue weighted by Gasteiger charge is -2.17. The molecule has 1 atom stereocenters. The van der Waals surface area contributed by atoms with Crippen molar-refractivity contribution in [2.45, 2.75) is 24.9 Å². The molecule has 29 heavy (non-hydrogen) atoms. The number of alkyl carbamates (subject to hydrolysis) is 1. The molecule has 1 aromatic heterocycles. The third-order valence-corrected chi connectivity index (χ3v) is 5.17. The van der Waals surface area contributed by atoms with Gasteiger partial charge in [0.25, 0.3) is 0 Å². The molecule has 1 heterocycles. The first-order chi connectivity index (χ1) is 14.1. The van der Waals surface area contributed by atoms with Gasteiger partial charge in [0.2, 0.25) is 0 Å². The second-order valence-electron chi connectivity index (χ2n) is 6.95. The molecule has 148 valence electrons. The Morgan fingerprint density at radius 3 is 2.34 bits per heavy atom. The minimum atomic E-state index is -1.10. The zero-order valence-electron chi connectivity index (χ0n) is 15.7. The molecule has 7 heteroatoms. The van der Waals surface area contributed by atoms with E-state index >= 15 is 0 Å². The lowest BCUT2D eigenvalue weighted by atomic mass is 9.98. The molecule has 3 aromatic rings. The van der Waals surface area contributed by atoms with Crippen LogP contribution in [0.25, 0.3) is 11.1 Å². The number of carbonyl (C=O) groups excluding carboxylic acids is 1. The molecule has 0 fully saturated rings. The van der Waals surface area contributed by atoms with E-state index in [1.165, 1.54) is 0 Å². The first-order valence-corrected chi connectivity index (χ1v) is 9.43. The maximum Gasteiger partial charge on any atom is 0.407 e. The molecule has 2 N–H and O–H groups in total. The Morgan fingerprint density at radius 2 is 1.76 bits per heavy atom. The summed E-state index contributed by atoms with van der Waals surface area (Å²) in [5.74, 6) is -1.17. The van der Waals surface area contributed by atoms with Gasteiger partial charge in [0.1, 0.15) is 12.6 Å². The van der Waals surface area contributed by atoms with Gasteiger partial charge in [-0.15, -0.1) is 0 Å². The summed E-state index contributed by atoms with van der Waals surface area (Å²) in [6.45, 7) is 0.578. The summed E-state index contributed by atoms with van der Waals surface area (Å²) in [5, 5.41) is 11.9. The summed E-state index contributed by atoms with van der Waals surface area (Å²) in [4.78, 5) is 27.7. The van der Waals surface area contributed by atoms with Crippen LogP contribution in [0.5, 0.6) is 0 Å². The van der Waals surface area contributed by atoms with Crippen molar-refractivity contribution in [1.29, 1.82) is 0 Å². The van der Waals surface area contributed by atoms with Gasteiger partial charge >= 0.3 is 12.1 Å². The number of ether oxygens (including phenoxy) is 1. The fourth-order valence-electron chi connectivity index (χ4n) is 3.74. The maximum absolute atomic E-state index is 12.3. The highest BCUT2D eigenvalue weighted by Crippen LogP contribution is 2.44. The number of aliphatic carboxylic acids is 1. The minimum Gasteiger partial charge on any atom is -0.480 e. The molecular weight excluding hydrogens is 370 g/mol. The van der Waals surface area contributed by atoms with E-state index in [-0.39, 0.29) is 18.9 Å². The van der Waals surface area contributed by atoms with Crippen molar-refractivity contribution >= 4 is 12.1 Å². The molecule has 0 bridgehead atoms. The normalized spacial score (nSPS) is 13.4. The molecule has 4 rings (SSSR count). The molecule has 0 aliphatic heterocycles. The molecule has 1 unspecified atom stereocenters. The number of rotatable bonds is 7. The second-order valence-corrected chi connectivity index (χ2v) is 6.95. The topological polar surface area (TPSA) is 93.5 Å². The van der Waals surface area contributed by atoms with Crippen molar-refractivity contribution < 1.29 is 19.4 Å². The zero-order chi connectivity index (χ0) is 20.2. The fourth-order valence-corrected chi connectivity index (χ4v) is 3.74. The maximum atomic E-state index is 12.3. The van der Waals surface area contributed by atoms with Gasteiger partial charge in [0.05, 0.1) is 6.33 Å². The summed E-state index contributed by atoms with van der Waals surface area (Å²) in [6, 6.07) is 15.1. The summed E-state index contributed by atoms with van der Waals surface area (Å²) in [6.07, 6.45) is 4.47. The summed E-state index contributed by atoms with van der Waals surface area (Å²) < 4.78 is 7.18. The lowest BCUT2D eigenvalue weighted by Crippen LogP contribution is -2.42. The summed E-state index contributed by atoms with van der Waals surface area (Å²) >= 11 is 0. The number of aromatic nitrogens is 2. The Morgan fingerprint density at radius 1 is 1.10 bits per heavy atom. The van der Waals surface area contributed by atoms with Crippen molar-refractivity contribution in [3.63, 3.8) is 0 Å². The van der Waals surface area contributed by atoms with Crippen molar-refractivity contribution in [1.82, 2.24) is 14.9 Å². The SMILES string of the molecule is O=C(NC(CCn1ccnc1)C(=O)O)OCC1c2ccccc2-c2ccccc21. The van der Waals surface area contributed by atoms with Gasteiger partial charge in [0.15, 0.2) is 0 Å². The lowest BCUT2D eigenvalue weighted by molar-refractivity contribution is -0.139. The fraction of sp³-hybridized carbons (Fsp3) is 0.227. The highest BCUT2D eigenvalue weighted by atomic mass is 16.5. The average Bonchev–Trinajstić information content (AvgIpc) is 3.35. The van der Waals surface area contributed by atoms with Crippen LogP contribution >= 0.6 is 0 Å². The molecule has 7 nitrogen and oxygen atoms in total. The molecule has 1 amide bonds. The van der Waals surface area contributed by atoms with E-state index in [2.05, 4.69) is 22.4 Å². The average molecular weight is 391 g/mol. The molecule has 1 aliphatic rings. The van der Waals surface area contributed by atoms with Crippen LogP contribution in [0.2, 0.25) is 0 Å². The van der Waals surface area contributed by atoms with Crippen LogP contribution in [0.4, 0.5) is 4.79 Å². The number of hydrogen-bond acceptors (Lipinski definition) is 4. The van der Waals surface area contributed by atoms with E-state index < -0.39 is 18.1 Å². The predicted octanol–water partition coefficient (Wildman–Crippen LogP) is 3.27. The largest absolute Gasteiger partial charge is 0.480 e. The van der Waals surface area contributed by atoms with Crippen LogP contribution < -0.4 is 5.32 Å². The van der Waals surface area contributed by atoms with Gasteiger partial charge in [-0.2, -0.15) is 0 Å². The van der Waals surface area contributed by atoms with Crippen LogP contribution in [-0.4, -0.2) is 39.4 Å². The van der Waals surface area contributed by atoms with E-state index in [0.717, 1.165) is 22.3 Å². The smallest absolute Gasteiger partial charge is 0.407 e. The summed E-state index contributed by atoms with van der Waals surface area (Å²) in [5.41, 5.74) is 4.49. The van der Waals surface area contributed by atoms with Crippen LogP contribution in [0.15, 0.2) is 67.3 Å². The molecule has 0 spiro atoms. The predicted molar refractivity (Wildman–Crippen MR) is 106 cm³/mol. The van der Waals surface area contributed by atoms with Crippen LogP contribution in [-0.2, 0) is 16.1 Å². The molecule has 0 radical (unpaired) electrons. The zero-order valence-corrected chi connectivity index (χ0v) is 15.7. The first-order valence-electron chi connectivity index (χ1n) is 9.43.